The summed E-state index contributed by atoms with van der Waals surface area (Å²) in [6, 6.07) is 8.48. The number of hydrogen-bond acceptors (Lipinski definition) is 5. The molecule has 3 heterocycles. The van der Waals surface area contributed by atoms with E-state index < -0.39 is 0 Å². The molecule has 1 aromatic carbocycles. The smallest absolute Gasteiger partial charge is 0.225 e. The number of aromatic nitrogens is 1. The second-order valence-electron chi connectivity index (χ2n) is 7.35. The minimum absolute atomic E-state index is 0.115. The van der Waals surface area contributed by atoms with Crippen LogP contribution >= 0.6 is 11.8 Å². The van der Waals surface area contributed by atoms with Crippen molar-refractivity contribution in [2.24, 2.45) is 5.92 Å². The number of amides is 1. The van der Waals surface area contributed by atoms with E-state index >= 15 is 0 Å². The number of nitriles is 1. The Hall–Kier alpha value is -2.26. The molecule has 0 atom stereocenters. The van der Waals surface area contributed by atoms with E-state index in [0.717, 1.165) is 72.7 Å². The fourth-order valence-electron chi connectivity index (χ4n) is 4.11. The number of anilines is 1. The molecule has 4 rings (SSSR count). The van der Waals surface area contributed by atoms with Gasteiger partial charge < -0.3 is 9.80 Å². The second-order valence-corrected chi connectivity index (χ2v) is 8.58. The van der Waals surface area contributed by atoms with Gasteiger partial charge in [0.05, 0.1) is 16.8 Å². The monoisotopic (exact) mass is 380 g/mol. The summed E-state index contributed by atoms with van der Waals surface area (Å²) in [4.78, 5) is 21.6. The molecule has 2 fully saturated rings. The van der Waals surface area contributed by atoms with E-state index in [9.17, 15) is 10.1 Å². The molecule has 6 heteroatoms. The Bertz CT molecular complexity index is 893. The third kappa shape index (κ3) is 3.61. The van der Waals surface area contributed by atoms with Crippen molar-refractivity contribution in [1.82, 2.24) is 9.88 Å². The van der Waals surface area contributed by atoms with Crippen LogP contribution in [0.5, 0.6) is 0 Å². The predicted molar refractivity (Wildman–Crippen MR) is 110 cm³/mol. The predicted octanol–water partition coefficient (Wildman–Crippen LogP) is 3.21. The maximum Gasteiger partial charge on any atom is 0.225 e. The third-order valence-corrected chi connectivity index (χ3v) is 6.54. The number of hydrogen-bond donors (Lipinski definition) is 0. The van der Waals surface area contributed by atoms with Gasteiger partial charge in [-0.1, -0.05) is 11.6 Å². The summed E-state index contributed by atoms with van der Waals surface area (Å²) in [6.45, 7) is 5.44. The molecular formula is C21H24N4OS. The zero-order chi connectivity index (χ0) is 18.8. The largest absolute Gasteiger partial charge is 0.370 e. The second kappa shape index (κ2) is 7.77. The van der Waals surface area contributed by atoms with Gasteiger partial charge in [0, 0.05) is 55.2 Å². The molecule has 0 unspecified atom stereocenters. The normalized spacial score (nSPS) is 18.5. The van der Waals surface area contributed by atoms with E-state index in [2.05, 4.69) is 28.9 Å². The fraction of sp³-hybridized carbons (Fsp3) is 0.476. The zero-order valence-corrected chi connectivity index (χ0v) is 16.5. The van der Waals surface area contributed by atoms with Crippen LogP contribution in [0.1, 0.15) is 24.0 Å². The van der Waals surface area contributed by atoms with Crippen molar-refractivity contribution in [3.05, 3.63) is 35.5 Å². The lowest BCUT2D eigenvalue weighted by molar-refractivity contribution is -0.135. The Kier molecular flexibility index (Phi) is 5.22. The molecule has 1 amide bonds. The molecule has 1 aromatic heterocycles. The summed E-state index contributed by atoms with van der Waals surface area (Å²) in [5.74, 6) is 2.55. The highest BCUT2D eigenvalue weighted by atomic mass is 32.2. The Labute approximate surface area is 164 Å². The number of carbonyl (C=O) groups excluding carboxylic acids is 1. The lowest BCUT2D eigenvalue weighted by Gasteiger charge is -2.37. The van der Waals surface area contributed by atoms with Gasteiger partial charge in [0.15, 0.2) is 0 Å². The number of carbonyl (C=O) groups is 1. The van der Waals surface area contributed by atoms with Crippen molar-refractivity contribution >= 4 is 34.3 Å². The van der Waals surface area contributed by atoms with Crippen molar-refractivity contribution in [2.75, 3.05) is 42.6 Å². The molecule has 2 aliphatic heterocycles. The molecule has 0 bridgehead atoms. The topological polar surface area (TPSA) is 60.2 Å². The standard InChI is InChI=1S/C21H24N4OS/c1-15-2-3-19-18(12-15)20(17(13-22)14-23-19)24-6-4-16(5-7-24)21(26)25-8-10-27-11-9-25/h2-3,12,14,16H,4-11H2,1H3. The highest BCUT2D eigenvalue weighted by Gasteiger charge is 2.30. The Balaban J connectivity index is 1.55. The van der Waals surface area contributed by atoms with Crippen LogP contribution in [0.4, 0.5) is 5.69 Å². The zero-order valence-electron chi connectivity index (χ0n) is 15.6. The Morgan fingerprint density at radius 1 is 1.22 bits per heavy atom. The lowest BCUT2D eigenvalue weighted by atomic mass is 9.94. The van der Waals surface area contributed by atoms with Gasteiger partial charge in [0.1, 0.15) is 6.07 Å². The van der Waals surface area contributed by atoms with Crippen LogP contribution in [-0.2, 0) is 4.79 Å². The van der Waals surface area contributed by atoms with Crippen LogP contribution in [-0.4, -0.2) is 53.5 Å². The number of thioether (sulfide) groups is 1. The van der Waals surface area contributed by atoms with Crippen LogP contribution in [0.3, 0.4) is 0 Å². The maximum absolute atomic E-state index is 12.8. The number of pyridine rings is 1. The first kappa shape index (κ1) is 18.1. The SMILES string of the molecule is Cc1ccc2ncc(C#N)c(N3CCC(C(=O)N4CCSCC4)CC3)c2c1. The average Bonchev–Trinajstić information content (AvgIpc) is 2.73. The minimum Gasteiger partial charge on any atom is -0.370 e. The van der Waals surface area contributed by atoms with Crippen LogP contribution in [0.25, 0.3) is 10.9 Å². The van der Waals surface area contributed by atoms with Crippen LogP contribution < -0.4 is 4.90 Å². The van der Waals surface area contributed by atoms with Crippen molar-refractivity contribution in [3.8, 4) is 6.07 Å². The number of aryl methyl sites for hydroxylation is 1. The lowest BCUT2D eigenvalue weighted by Crippen LogP contribution is -2.45. The fourth-order valence-corrected chi connectivity index (χ4v) is 5.01. The molecular weight excluding hydrogens is 356 g/mol. The van der Waals surface area contributed by atoms with Crippen molar-refractivity contribution in [2.45, 2.75) is 19.8 Å². The summed E-state index contributed by atoms with van der Waals surface area (Å²) >= 11 is 1.93. The van der Waals surface area contributed by atoms with Crippen LogP contribution in [0.15, 0.2) is 24.4 Å². The Morgan fingerprint density at radius 2 is 1.96 bits per heavy atom. The van der Waals surface area contributed by atoms with E-state index in [4.69, 9.17) is 0 Å². The van der Waals surface area contributed by atoms with Gasteiger partial charge in [-0.3, -0.25) is 9.78 Å². The third-order valence-electron chi connectivity index (χ3n) is 5.60. The molecule has 0 N–H and O–H groups in total. The van der Waals surface area contributed by atoms with Gasteiger partial charge in [-0.05, 0) is 31.9 Å². The van der Waals surface area contributed by atoms with E-state index in [1.54, 1.807) is 6.20 Å². The van der Waals surface area contributed by atoms with Crippen molar-refractivity contribution in [3.63, 3.8) is 0 Å². The first-order chi connectivity index (χ1) is 13.2. The van der Waals surface area contributed by atoms with Gasteiger partial charge in [0.2, 0.25) is 5.91 Å². The van der Waals surface area contributed by atoms with E-state index in [1.807, 2.05) is 28.8 Å². The number of piperidine rings is 1. The Morgan fingerprint density at radius 3 is 2.67 bits per heavy atom. The van der Waals surface area contributed by atoms with Gasteiger partial charge in [-0.15, -0.1) is 0 Å². The number of fused-ring (bicyclic) bond motifs is 1. The van der Waals surface area contributed by atoms with Crippen molar-refractivity contribution in [1.29, 1.82) is 5.26 Å². The quantitative estimate of drug-likeness (QED) is 0.801. The van der Waals surface area contributed by atoms with E-state index in [0.29, 0.717) is 11.5 Å². The molecule has 2 aromatic rings. The summed E-state index contributed by atoms with van der Waals surface area (Å²) in [7, 11) is 0. The van der Waals surface area contributed by atoms with Gasteiger partial charge in [-0.25, -0.2) is 0 Å². The average molecular weight is 381 g/mol. The van der Waals surface area contributed by atoms with E-state index in [1.165, 1.54) is 0 Å². The van der Waals surface area contributed by atoms with E-state index in [-0.39, 0.29) is 5.92 Å². The number of nitrogens with zero attached hydrogens (tertiary/aromatic N) is 4. The molecule has 0 aliphatic carbocycles. The highest BCUT2D eigenvalue weighted by molar-refractivity contribution is 7.99. The molecule has 0 saturated carbocycles. The molecule has 2 saturated heterocycles. The summed E-state index contributed by atoms with van der Waals surface area (Å²) in [6.07, 6.45) is 3.38. The van der Waals surface area contributed by atoms with Gasteiger partial charge in [0.25, 0.3) is 0 Å². The van der Waals surface area contributed by atoms with Gasteiger partial charge in [-0.2, -0.15) is 17.0 Å². The molecule has 0 spiro atoms. The summed E-state index contributed by atoms with van der Waals surface area (Å²) < 4.78 is 0. The molecule has 5 nitrogen and oxygen atoms in total. The first-order valence-corrected chi connectivity index (χ1v) is 10.7. The number of rotatable bonds is 2. The summed E-state index contributed by atoms with van der Waals surface area (Å²) in [5, 5.41) is 10.6. The molecule has 2 aliphatic rings. The van der Waals surface area contributed by atoms with Crippen molar-refractivity contribution < 1.29 is 4.79 Å². The highest BCUT2D eigenvalue weighted by Crippen LogP contribution is 2.33. The van der Waals surface area contributed by atoms with Crippen LogP contribution in [0, 0.1) is 24.2 Å². The summed E-state index contributed by atoms with van der Waals surface area (Å²) in [5.41, 5.74) is 3.67. The molecule has 140 valence electrons. The maximum atomic E-state index is 12.8. The molecule has 27 heavy (non-hydrogen) atoms. The number of benzene rings is 1. The minimum atomic E-state index is 0.115. The molecule has 0 radical (unpaired) electrons. The van der Waals surface area contributed by atoms with Crippen LogP contribution in [0.2, 0.25) is 0 Å². The first-order valence-electron chi connectivity index (χ1n) is 9.58. The van der Waals surface area contributed by atoms with Gasteiger partial charge >= 0.3 is 0 Å².